The largest absolute Gasteiger partial charge is 0.507 e. The molecular formula is C33H56N2O2. The molecule has 0 saturated heterocycles. The fourth-order valence-corrected chi connectivity index (χ4v) is 3.61. The van der Waals surface area contributed by atoms with Gasteiger partial charge in [0, 0.05) is 17.3 Å². The molecule has 1 aromatic rings. The number of nitrogens with zero attached hydrogens (tertiary/aromatic N) is 1. The molecule has 4 nitrogen and oxygen atoms in total. The first-order valence-electron chi connectivity index (χ1n) is 14.2. The van der Waals surface area contributed by atoms with E-state index in [-0.39, 0.29) is 5.75 Å². The Morgan fingerprint density at radius 2 is 1.78 bits per heavy atom. The van der Waals surface area contributed by atoms with Crippen LogP contribution in [0.5, 0.6) is 5.75 Å². The third kappa shape index (κ3) is 16.9. The van der Waals surface area contributed by atoms with Gasteiger partial charge in [-0.2, -0.15) is 0 Å². The van der Waals surface area contributed by atoms with Crippen LogP contribution in [0.15, 0.2) is 58.8 Å². The standard InChI is InChI=1S/C28H44N2O.C5H12O/c1-8-10-12-13-23(6)28(26-16-15-22(5)20-27(26)31)29-18-17-24(7)30-25(14-11-9-2)19-21(3)4;1-4-5(2,3)6/h10,12-13,15-17,20-21,25,30-31H,8-9,11,14,18-19H2,1-7H3;6H,4H2,1-3H3/b12-10-,23-13+,24-17+,29-28?;. The van der Waals surface area contributed by atoms with Crippen LogP contribution >= 0.6 is 0 Å². The predicted molar refractivity (Wildman–Crippen MR) is 164 cm³/mol. The molecule has 0 spiro atoms. The second-order valence-corrected chi connectivity index (χ2v) is 11.1. The average molecular weight is 513 g/mol. The number of hydrogen-bond acceptors (Lipinski definition) is 4. The molecule has 3 N–H and O–H groups in total. The molecule has 0 amide bonds. The number of phenolic OH excluding ortho intramolecular Hbond substituents is 1. The quantitative estimate of drug-likeness (QED) is 0.173. The predicted octanol–water partition coefficient (Wildman–Crippen LogP) is 8.67. The molecule has 1 atom stereocenters. The van der Waals surface area contributed by atoms with Crippen molar-refractivity contribution in [2.45, 2.75) is 119 Å². The van der Waals surface area contributed by atoms with Gasteiger partial charge in [-0.1, -0.05) is 71.8 Å². The van der Waals surface area contributed by atoms with Crippen LogP contribution in [0.3, 0.4) is 0 Å². The first kappa shape index (κ1) is 34.7. The maximum atomic E-state index is 10.5. The summed E-state index contributed by atoms with van der Waals surface area (Å²) in [7, 11) is 0. The van der Waals surface area contributed by atoms with Crippen LogP contribution in [0.4, 0.5) is 0 Å². The van der Waals surface area contributed by atoms with Gasteiger partial charge in [0.1, 0.15) is 5.75 Å². The van der Waals surface area contributed by atoms with E-state index in [0.29, 0.717) is 18.5 Å². The van der Waals surface area contributed by atoms with Crippen LogP contribution in [0.25, 0.3) is 0 Å². The Morgan fingerprint density at radius 1 is 1.14 bits per heavy atom. The van der Waals surface area contributed by atoms with Gasteiger partial charge in [0.2, 0.25) is 0 Å². The molecule has 0 heterocycles. The first-order chi connectivity index (χ1) is 17.3. The highest BCUT2D eigenvalue weighted by atomic mass is 16.3. The van der Waals surface area contributed by atoms with Crippen LogP contribution in [-0.2, 0) is 0 Å². The van der Waals surface area contributed by atoms with Crippen LogP contribution in [0.1, 0.15) is 112 Å². The molecule has 0 saturated carbocycles. The Bertz CT molecular complexity index is 886. The first-order valence-corrected chi connectivity index (χ1v) is 14.2. The summed E-state index contributed by atoms with van der Waals surface area (Å²) in [5, 5.41) is 23.1. The number of unbranched alkanes of at least 4 members (excludes halogenated alkanes) is 1. The normalized spacial score (nSPS) is 14.1. The van der Waals surface area contributed by atoms with Gasteiger partial charge < -0.3 is 15.5 Å². The summed E-state index contributed by atoms with van der Waals surface area (Å²) < 4.78 is 0. The molecule has 1 aromatic carbocycles. The molecule has 4 heteroatoms. The van der Waals surface area contributed by atoms with Gasteiger partial charge in [-0.15, -0.1) is 0 Å². The zero-order valence-electron chi connectivity index (χ0n) is 25.5. The van der Waals surface area contributed by atoms with Gasteiger partial charge in [0.05, 0.1) is 17.9 Å². The van der Waals surface area contributed by atoms with Gasteiger partial charge in [-0.25, -0.2) is 0 Å². The summed E-state index contributed by atoms with van der Waals surface area (Å²) in [6.45, 7) is 21.2. The van der Waals surface area contributed by atoms with E-state index < -0.39 is 5.60 Å². The third-order valence-electron chi connectivity index (χ3n) is 6.11. The van der Waals surface area contributed by atoms with Crippen molar-refractivity contribution < 1.29 is 10.2 Å². The van der Waals surface area contributed by atoms with Crippen molar-refractivity contribution in [2.24, 2.45) is 10.9 Å². The van der Waals surface area contributed by atoms with Crippen LogP contribution in [0, 0.1) is 12.8 Å². The Labute approximate surface area is 228 Å². The number of hydrogen-bond donors (Lipinski definition) is 3. The highest BCUT2D eigenvalue weighted by Gasteiger charge is 2.12. The lowest BCUT2D eigenvalue weighted by molar-refractivity contribution is 0.0765. The zero-order valence-corrected chi connectivity index (χ0v) is 25.5. The molecule has 0 radical (unpaired) electrons. The van der Waals surface area contributed by atoms with Crippen LogP contribution < -0.4 is 5.32 Å². The van der Waals surface area contributed by atoms with E-state index in [4.69, 9.17) is 10.1 Å². The Morgan fingerprint density at radius 3 is 2.30 bits per heavy atom. The monoisotopic (exact) mass is 512 g/mol. The van der Waals surface area contributed by atoms with E-state index in [9.17, 15) is 5.11 Å². The number of aromatic hydroxyl groups is 1. The van der Waals surface area contributed by atoms with E-state index >= 15 is 0 Å². The minimum atomic E-state index is -0.458. The zero-order chi connectivity index (χ0) is 28.4. The second kappa shape index (κ2) is 18.8. The Balaban J connectivity index is 0.00000192. The fourth-order valence-electron chi connectivity index (χ4n) is 3.61. The van der Waals surface area contributed by atoms with Crippen molar-refractivity contribution in [1.29, 1.82) is 0 Å². The maximum Gasteiger partial charge on any atom is 0.125 e. The lowest BCUT2D eigenvalue weighted by atomic mass is 9.99. The van der Waals surface area contributed by atoms with Gasteiger partial charge >= 0.3 is 0 Å². The number of phenols is 1. The van der Waals surface area contributed by atoms with Crippen molar-refractivity contribution in [3.63, 3.8) is 0 Å². The molecule has 0 aliphatic rings. The van der Waals surface area contributed by atoms with Crippen LogP contribution in [-0.4, -0.2) is 34.1 Å². The number of aryl methyl sites for hydroxylation is 1. The average Bonchev–Trinajstić information content (AvgIpc) is 2.80. The summed E-state index contributed by atoms with van der Waals surface area (Å²) in [6, 6.07) is 6.30. The Hall–Kier alpha value is -2.33. The molecule has 1 unspecified atom stereocenters. The lowest BCUT2D eigenvalue weighted by Crippen LogP contribution is -2.29. The Kier molecular flexibility index (Phi) is 17.7. The number of aliphatic hydroxyl groups is 1. The van der Waals surface area contributed by atoms with E-state index in [1.54, 1.807) is 19.9 Å². The van der Waals surface area contributed by atoms with E-state index in [0.717, 1.165) is 35.3 Å². The molecular weight excluding hydrogens is 456 g/mol. The highest BCUT2D eigenvalue weighted by Crippen LogP contribution is 2.23. The number of nitrogens with one attached hydrogen (secondary N) is 1. The number of allylic oxidation sites excluding steroid dienone is 5. The van der Waals surface area contributed by atoms with Crippen molar-refractivity contribution in [3.05, 3.63) is 64.9 Å². The lowest BCUT2D eigenvalue weighted by Gasteiger charge is -2.22. The number of aliphatic imine (C=N–C) groups is 1. The molecule has 0 aliphatic carbocycles. The third-order valence-corrected chi connectivity index (χ3v) is 6.11. The van der Waals surface area contributed by atoms with Gasteiger partial charge in [-0.3, -0.25) is 4.99 Å². The van der Waals surface area contributed by atoms with Gasteiger partial charge in [0.15, 0.2) is 0 Å². The summed E-state index contributed by atoms with van der Waals surface area (Å²) in [4.78, 5) is 4.87. The van der Waals surface area contributed by atoms with Crippen molar-refractivity contribution in [2.75, 3.05) is 6.54 Å². The summed E-state index contributed by atoms with van der Waals surface area (Å²) in [5.74, 6) is 0.960. The summed E-state index contributed by atoms with van der Waals surface area (Å²) in [5.41, 5.74) is 4.42. The highest BCUT2D eigenvalue weighted by molar-refractivity contribution is 6.14. The molecule has 0 fully saturated rings. The maximum absolute atomic E-state index is 10.5. The van der Waals surface area contributed by atoms with E-state index in [2.05, 4.69) is 71.2 Å². The van der Waals surface area contributed by atoms with Crippen LogP contribution in [0.2, 0.25) is 0 Å². The minimum Gasteiger partial charge on any atom is -0.507 e. The number of rotatable bonds is 14. The van der Waals surface area contributed by atoms with Gasteiger partial charge in [0.25, 0.3) is 0 Å². The topological polar surface area (TPSA) is 64.9 Å². The summed E-state index contributed by atoms with van der Waals surface area (Å²) in [6.07, 6.45) is 15.1. The van der Waals surface area contributed by atoms with E-state index in [1.807, 2.05) is 26.0 Å². The molecule has 0 aliphatic heterocycles. The molecule has 0 bridgehead atoms. The summed E-state index contributed by atoms with van der Waals surface area (Å²) >= 11 is 0. The second-order valence-electron chi connectivity index (χ2n) is 11.1. The van der Waals surface area contributed by atoms with Crippen molar-refractivity contribution in [1.82, 2.24) is 5.32 Å². The smallest absolute Gasteiger partial charge is 0.125 e. The van der Waals surface area contributed by atoms with E-state index in [1.165, 1.54) is 31.4 Å². The number of benzene rings is 1. The fraction of sp³-hybridized carbons (Fsp3) is 0.606. The molecule has 1 rings (SSSR count). The van der Waals surface area contributed by atoms with Gasteiger partial charge in [-0.05, 0) is 95.6 Å². The van der Waals surface area contributed by atoms with Crippen molar-refractivity contribution >= 4 is 5.71 Å². The molecule has 0 aromatic heterocycles. The molecule has 37 heavy (non-hydrogen) atoms. The molecule has 210 valence electrons. The minimum absolute atomic E-state index is 0.279. The SMILES string of the molecule is CC/C=C\C=C(/C)C(=NC/C=C(\C)NC(CCCC)CC(C)C)c1ccc(C)cc1O.CCC(C)(C)O. The van der Waals surface area contributed by atoms with Crippen molar-refractivity contribution in [3.8, 4) is 5.75 Å².